The number of pyridine rings is 1. The summed E-state index contributed by atoms with van der Waals surface area (Å²) < 4.78 is 0. The highest BCUT2D eigenvalue weighted by Crippen LogP contribution is 2.25. The molecule has 0 saturated heterocycles. The number of fused-ring (bicyclic) bond motifs is 2. The van der Waals surface area contributed by atoms with E-state index in [1.54, 1.807) is 6.20 Å². The first-order chi connectivity index (χ1) is 9.92. The minimum absolute atomic E-state index is 0.681. The maximum absolute atomic E-state index is 4.62. The Morgan fingerprint density at radius 1 is 0.800 bits per heavy atom. The molecule has 0 atom stereocenters. The van der Waals surface area contributed by atoms with Gasteiger partial charge < -0.3 is 0 Å². The van der Waals surface area contributed by atoms with Crippen LogP contribution >= 0.6 is 0 Å². The number of benzene rings is 2. The summed E-state index contributed by atoms with van der Waals surface area (Å²) in [6.07, 6.45) is 4.79. The van der Waals surface area contributed by atoms with E-state index in [1.807, 2.05) is 48.5 Å². The lowest BCUT2D eigenvalue weighted by Crippen LogP contribution is -1.92. The molecule has 20 heavy (non-hydrogen) atoms. The van der Waals surface area contributed by atoms with Crippen LogP contribution in [0.2, 0.25) is 0 Å². The van der Waals surface area contributed by atoms with Crippen molar-refractivity contribution < 1.29 is 0 Å². The normalized spacial score (nSPS) is 11.0. The summed E-state index contributed by atoms with van der Waals surface area (Å²) in [7, 11) is 0. The molecular weight excluding hydrogens is 246 g/mol. The topological polar surface area (TPSA) is 38.7 Å². The SMILES string of the molecule is [c]1nc2ccccc2nc1-c1nccc2ccccc12. The van der Waals surface area contributed by atoms with Gasteiger partial charge in [-0.25, -0.2) is 9.97 Å². The zero-order valence-corrected chi connectivity index (χ0v) is 10.6. The molecule has 3 nitrogen and oxygen atoms in total. The van der Waals surface area contributed by atoms with E-state index in [0.29, 0.717) is 5.69 Å². The van der Waals surface area contributed by atoms with Gasteiger partial charge in [0.1, 0.15) is 11.9 Å². The van der Waals surface area contributed by atoms with E-state index in [4.69, 9.17) is 0 Å². The van der Waals surface area contributed by atoms with Crippen molar-refractivity contribution in [1.29, 1.82) is 0 Å². The van der Waals surface area contributed by atoms with Crippen molar-refractivity contribution in [3.63, 3.8) is 0 Å². The maximum Gasteiger partial charge on any atom is 0.120 e. The van der Waals surface area contributed by atoms with Gasteiger partial charge in [-0.3, -0.25) is 4.98 Å². The van der Waals surface area contributed by atoms with E-state index in [2.05, 4.69) is 27.2 Å². The summed E-state index contributed by atoms with van der Waals surface area (Å²) in [5.41, 5.74) is 3.20. The molecular formula is C17H10N3. The molecule has 93 valence electrons. The Kier molecular flexibility index (Phi) is 2.42. The molecule has 2 aromatic heterocycles. The first kappa shape index (κ1) is 11.1. The average molecular weight is 256 g/mol. The van der Waals surface area contributed by atoms with Crippen LogP contribution in [0.4, 0.5) is 0 Å². The van der Waals surface area contributed by atoms with Gasteiger partial charge in [-0.15, -0.1) is 0 Å². The predicted octanol–water partition coefficient (Wildman–Crippen LogP) is 3.65. The van der Waals surface area contributed by atoms with Crippen LogP contribution in [-0.2, 0) is 0 Å². The van der Waals surface area contributed by atoms with Crippen molar-refractivity contribution in [3.05, 3.63) is 67.0 Å². The van der Waals surface area contributed by atoms with Crippen LogP contribution < -0.4 is 0 Å². The number of rotatable bonds is 1. The average Bonchev–Trinajstić information content (AvgIpc) is 2.54. The highest BCUT2D eigenvalue weighted by Gasteiger charge is 2.08. The van der Waals surface area contributed by atoms with Crippen molar-refractivity contribution >= 4 is 21.8 Å². The van der Waals surface area contributed by atoms with E-state index in [9.17, 15) is 0 Å². The van der Waals surface area contributed by atoms with E-state index in [0.717, 1.165) is 27.5 Å². The summed E-state index contributed by atoms with van der Waals surface area (Å²) >= 11 is 0. The summed E-state index contributed by atoms with van der Waals surface area (Å²) in [6, 6.07) is 17.9. The second-order valence-electron chi connectivity index (χ2n) is 4.55. The molecule has 0 fully saturated rings. The molecule has 2 aromatic carbocycles. The van der Waals surface area contributed by atoms with Gasteiger partial charge >= 0.3 is 0 Å². The Bertz CT molecular complexity index is 910. The van der Waals surface area contributed by atoms with E-state index in [-0.39, 0.29) is 0 Å². The molecule has 0 amide bonds. The van der Waals surface area contributed by atoms with Gasteiger partial charge in [0, 0.05) is 11.6 Å². The minimum Gasteiger partial charge on any atom is -0.254 e. The quantitative estimate of drug-likeness (QED) is 0.522. The number of nitrogens with zero attached hydrogens (tertiary/aromatic N) is 3. The van der Waals surface area contributed by atoms with Crippen LogP contribution in [-0.4, -0.2) is 15.0 Å². The summed E-state index contributed by atoms with van der Waals surface area (Å²) in [5.74, 6) is 0. The molecule has 0 spiro atoms. The fourth-order valence-electron chi connectivity index (χ4n) is 2.33. The van der Waals surface area contributed by atoms with Crippen molar-refractivity contribution in [1.82, 2.24) is 15.0 Å². The van der Waals surface area contributed by atoms with Crippen molar-refractivity contribution in [2.45, 2.75) is 0 Å². The maximum atomic E-state index is 4.62. The lowest BCUT2D eigenvalue weighted by atomic mass is 10.1. The molecule has 0 aliphatic rings. The number of aromatic nitrogens is 3. The third-order valence-corrected chi connectivity index (χ3v) is 3.29. The molecule has 0 N–H and O–H groups in total. The van der Waals surface area contributed by atoms with Crippen molar-refractivity contribution in [2.24, 2.45) is 0 Å². The van der Waals surface area contributed by atoms with Crippen LogP contribution in [0, 0.1) is 6.20 Å². The minimum atomic E-state index is 0.681. The fraction of sp³-hybridized carbons (Fsp3) is 0. The fourth-order valence-corrected chi connectivity index (χ4v) is 2.33. The van der Waals surface area contributed by atoms with Crippen LogP contribution in [0.25, 0.3) is 33.2 Å². The van der Waals surface area contributed by atoms with Crippen LogP contribution in [0.1, 0.15) is 0 Å². The van der Waals surface area contributed by atoms with Crippen LogP contribution in [0.5, 0.6) is 0 Å². The Labute approximate surface area is 116 Å². The second kappa shape index (κ2) is 4.38. The van der Waals surface area contributed by atoms with E-state index < -0.39 is 0 Å². The van der Waals surface area contributed by atoms with Gasteiger partial charge in [-0.2, -0.15) is 0 Å². The summed E-state index contributed by atoms with van der Waals surface area (Å²) in [4.78, 5) is 13.4. The molecule has 3 heteroatoms. The lowest BCUT2D eigenvalue weighted by molar-refractivity contribution is 1.24. The highest BCUT2D eigenvalue weighted by molar-refractivity contribution is 5.94. The Morgan fingerprint density at radius 2 is 1.60 bits per heavy atom. The number of hydrogen-bond acceptors (Lipinski definition) is 3. The third-order valence-electron chi connectivity index (χ3n) is 3.29. The number of para-hydroxylation sites is 2. The third kappa shape index (κ3) is 1.72. The first-order valence-electron chi connectivity index (χ1n) is 6.40. The molecule has 0 aliphatic carbocycles. The molecule has 4 aromatic rings. The van der Waals surface area contributed by atoms with Crippen molar-refractivity contribution in [3.8, 4) is 11.4 Å². The Hall–Kier alpha value is -2.81. The molecule has 0 aliphatic heterocycles. The largest absolute Gasteiger partial charge is 0.254 e. The lowest BCUT2D eigenvalue weighted by Gasteiger charge is -2.05. The molecule has 0 unspecified atom stereocenters. The molecule has 0 bridgehead atoms. The standard InChI is InChI=1S/C17H10N3/c1-2-6-13-12(5-1)9-10-18-17(13)16-11-19-14-7-3-4-8-15(14)20-16/h1-10H. The summed E-state index contributed by atoms with van der Waals surface area (Å²) in [6.45, 7) is 0. The van der Waals surface area contributed by atoms with Gasteiger partial charge in [0.15, 0.2) is 0 Å². The smallest absolute Gasteiger partial charge is 0.120 e. The molecule has 0 saturated carbocycles. The van der Waals surface area contributed by atoms with Gasteiger partial charge in [0.25, 0.3) is 0 Å². The Balaban J connectivity index is 2.01. The monoisotopic (exact) mass is 256 g/mol. The predicted molar refractivity (Wildman–Crippen MR) is 79.1 cm³/mol. The Morgan fingerprint density at radius 3 is 2.55 bits per heavy atom. The molecule has 1 radical (unpaired) electrons. The van der Waals surface area contributed by atoms with Gasteiger partial charge in [-0.05, 0) is 23.6 Å². The first-order valence-corrected chi connectivity index (χ1v) is 6.40. The van der Waals surface area contributed by atoms with E-state index >= 15 is 0 Å². The second-order valence-corrected chi connectivity index (χ2v) is 4.55. The van der Waals surface area contributed by atoms with Gasteiger partial charge in [0.05, 0.1) is 16.7 Å². The molecule has 4 rings (SSSR count). The van der Waals surface area contributed by atoms with Gasteiger partial charge in [-0.1, -0.05) is 36.4 Å². The zero-order chi connectivity index (χ0) is 13.4. The summed E-state index contributed by atoms with van der Waals surface area (Å²) in [5, 5.41) is 2.21. The highest BCUT2D eigenvalue weighted by atomic mass is 14.8. The van der Waals surface area contributed by atoms with Crippen molar-refractivity contribution in [2.75, 3.05) is 0 Å². The number of hydrogen-bond donors (Lipinski definition) is 0. The van der Waals surface area contributed by atoms with E-state index in [1.165, 1.54) is 0 Å². The van der Waals surface area contributed by atoms with Crippen LogP contribution in [0.3, 0.4) is 0 Å². The zero-order valence-electron chi connectivity index (χ0n) is 10.6. The van der Waals surface area contributed by atoms with Crippen LogP contribution in [0.15, 0.2) is 60.8 Å². The van der Waals surface area contributed by atoms with Gasteiger partial charge in [0.2, 0.25) is 0 Å². The molecule has 2 heterocycles.